The largest absolute Gasteiger partial charge is 0.493 e. The zero-order chi connectivity index (χ0) is 17.5. The first kappa shape index (κ1) is 17.9. The number of para-hydroxylation sites is 1. The fraction of sp³-hybridized carbons (Fsp3) is 0.526. The van der Waals surface area contributed by atoms with Crippen molar-refractivity contribution in [2.24, 2.45) is 0 Å². The minimum absolute atomic E-state index is 0.0280. The highest BCUT2D eigenvalue weighted by Crippen LogP contribution is 2.35. The lowest BCUT2D eigenvalue weighted by molar-refractivity contribution is -0.116. The second-order valence-corrected chi connectivity index (χ2v) is 7.56. The van der Waals surface area contributed by atoms with Gasteiger partial charge in [-0.3, -0.25) is 4.79 Å². The van der Waals surface area contributed by atoms with Gasteiger partial charge in [0.1, 0.15) is 10.8 Å². The SMILES string of the molecule is Cc1ccccc1OCCCC(=O)Nc1nnc(C2CCCCC2)s1. The lowest BCUT2D eigenvalue weighted by atomic mass is 9.90. The average Bonchev–Trinajstić information content (AvgIpc) is 3.09. The molecule has 1 fully saturated rings. The highest BCUT2D eigenvalue weighted by Gasteiger charge is 2.20. The molecular formula is C19H25N3O2S. The molecule has 2 aromatic rings. The van der Waals surface area contributed by atoms with E-state index in [2.05, 4.69) is 15.5 Å². The van der Waals surface area contributed by atoms with Crippen molar-refractivity contribution in [1.82, 2.24) is 10.2 Å². The lowest BCUT2D eigenvalue weighted by Crippen LogP contribution is -2.12. The number of rotatable bonds is 7. The number of carbonyl (C=O) groups is 1. The molecule has 1 heterocycles. The molecule has 134 valence electrons. The van der Waals surface area contributed by atoms with Crippen molar-refractivity contribution in [3.8, 4) is 5.75 Å². The number of ether oxygens (including phenoxy) is 1. The molecule has 1 saturated carbocycles. The number of aryl methyl sites for hydroxylation is 1. The van der Waals surface area contributed by atoms with Crippen LogP contribution in [0.15, 0.2) is 24.3 Å². The van der Waals surface area contributed by atoms with E-state index < -0.39 is 0 Å². The first-order valence-electron chi connectivity index (χ1n) is 9.04. The lowest BCUT2D eigenvalue weighted by Gasteiger charge is -2.18. The quantitative estimate of drug-likeness (QED) is 0.728. The van der Waals surface area contributed by atoms with Crippen molar-refractivity contribution in [2.75, 3.05) is 11.9 Å². The van der Waals surface area contributed by atoms with E-state index in [9.17, 15) is 4.79 Å². The highest BCUT2D eigenvalue weighted by atomic mass is 32.1. The van der Waals surface area contributed by atoms with Crippen molar-refractivity contribution >= 4 is 22.4 Å². The Bertz CT molecular complexity index is 695. The predicted molar refractivity (Wildman–Crippen MR) is 100 cm³/mol. The Hall–Kier alpha value is -1.95. The van der Waals surface area contributed by atoms with E-state index in [0.717, 1.165) is 16.3 Å². The van der Waals surface area contributed by atoms with Crippen LogP contribution < -0.4 is 10.1 Å². The van der Waals surface area contributed by atoms with Crippen LogP contribution in [-0.4, -0.2) is 22.7 Å². The maximum absolute atomic E-state index is 12.0. The fourth-order valence-corrected chi connectivity index (χ4v) is 4.04. The molecule has 25 heavy (non-hydrogen) atoms. The summed E-state index contributed by atoms with van der Waals surface area (Å²) in [5.74, 6) is 1.38. The van der Waals surface area contributed by atoms with Gasteiger partial charge in [0.25, 0.3) is 0 Å². The number of nitrogens with one attached hydrogen (secondary N) is 1. The van der Waals surface area contributed by atoms with Gasteiger partial charge in [-0.05, 0) is 37.8 Å². The van der Waals surface area contributed by atoms with Crippen LogP contribution in [0.5, 0.6) is 5.75 Å². The summed E-state index contributed by atoms with van der Waals surface area (Å²) in [6, 6.07) is 7.90. The van der Waals surface area contributed by atoms with Crippen LogP contribution >= 0.6 is 11.3 Å². The maximum atomic E-state index is 12.0. The second-order valence-electron chi connectivity index (χ2n) is 6.55. The molecule has 0 saturated heterocycles. The summed E-state index contributed by atoms with van der Waals surface area (Å²) in [7, 11) is 0. The smallest absolute Gasteiger partial charge is 0.226 e. The molecule has 0 unspecified atom stereocenters. The molecule has 1 aliphatic carbocycles. The average molecular weight is 359 g/mol. The van der Waals surface area contributed by atoms with Gasteiger partial charge < -0.3 is 10.1 Å². The Labute approximate surface area is 152 Å². The number of carbonyl (C=O) groups excluding carboxylic acids is 1. The number of hydrogen-bond donors (Lipinski definition) is 1. The monoisotopic (exact) mass is 359 g/mol. The Morgan fingerprint density at radius 2 is 2.04 bits per heavy atom. The molecule has 0 aliphatic heterocycles. The number of hydrogen-bond acceptors (Lipinski definition) is 5. The summed E-state index contributed by atoms with van der Waals surface area (Å²) in [6.45, 7) is 2.54. The van der Waals surface area contributed by atoms with Crippen molar-refractivity contribution in [1.29, 1.82) is 0 Å². The fourth-order valence-electron chi connectivity index (χ4n) is 3.11. The van der Waals surface area contributed by atoms with Gasteiger partial charge in [0, 0.05) is 12.3 Å². The minimum Gasteiger partial charge on any atom is -0.493 e. The van der Waals surface area contributed by atoms with E-state index in [1.54, 1.807) is 0 Å². The number of benzene rings is 1. The molecule has 0 bridgehead atoms. The second kappa shape index (κ2) is 8.94. The van der Waals surface area contributed by atoms with Crippen molar-refractivity contribution in [3.63, 3.8) is 0 Å². The molecule has 1 amide bonds. The van der Waals surface area contributed by atoms with Crippen molar-refractivity contribution in [2.45, 2.75) is 57.8 Å². The number of amides is 1. The molecule has 6 heteroatoms. The molecule has 5 nitrogen and oxygen atoms in total. The predicted octanol–water partition coefficient (Wildman–Crippen LogP) is 4.69. The van der Waals surface area contributed by atoms with E-state index in [1.807, 2.05) is 31.2 Å². The summed E-state index contributed by atoms with van der Waals surface area (Å²) in [5.41, 5.74) is 1.11. The van der Waals surface area contributed by atoms with Gasteiger partial charge in [-0.1, -0.05) is 48.8 Å². The van der Waals surface area contributed by atoms with Gasteiger partial charge in [0.05, 0.1) is 6.61 Å². The zero-order valence-electron chi connectivity index (χ0n) is 14.7. The summed E-state index contributed by atoms with van der Waals surface area (Å²) < 4.78 is 5.72. The Morgan fingerprint density at radius 3 is 2.84 bits per heavy atom. The van der Waals surface area contributed by atoms with E-state index in [0.29, 0.717) is 30.5 Å². The van der Waals surface area contributed by atoms with Crippen LogP contribution in [0.25, 0.3) is 0 Å². The van der Waals surface area contributed by atoms with E-state index in [4.69, 9.17) is 4.74 Å². The molecule has 1 aliphatic rings. The van der Waals surface area contributed by atoms with Crippen LogP contribution in [0.2, 0.25) is 0 Å². The molecule has 1 N–H and O–H groups in total. The topological polar surface area (TPSA) is 64.1 Å². The van der Waals surface area contributed by atoms with Crippen LogP contribution in [0.3, 0.4) is 0 Å². The summed E-state index contributed by atoms with van der Waals surface area (Å²) in [5, 5.41) is 12.9. The summed E-state index contributed by atoms with van der Waals surface area (Å²) in [6.07, 6.45) is 7.35. The maximum Gasteiger partial charge on any atom is 0.226 e. The van der Waals surface area contributed by atoms with Crippen LogP contribution in [0, 0.1) is 6.92 Å². The first-order chi connectivity index (χ1) is 12.2. The molecule has 0 radical (unpaired) electrons. The van der Waals surface area contributed by atoms with Crippen molar-refractivity contribution < 1.29 is 9.53 Å². The van der Waals surface area contributed by atoms with Gasteiger partial charge in [0.2, 0.25) is 11.0 Å². The molecule has 3 rings (SSSR count). The third-order valence-corrected chi connectivity index (χ3v) is 5.54. The van der Waals surface area contributed by atoms with Gasteiger partial charge in [0.15, 0.2) is 0 Å². The molecule has 0 spiro atoms. The van der Waals surface area contributed by atoms with E-state index in [-0.39, 0.29) is 5.91 Å². The van der Waals surface area contributed by atoms with E-state index in [1.165, 1.54) is 43.4 Å². The van der Waals surface area contributed by atoms with Gasteiger partial charge in [-0.2, -0.15) is 0 Å². The Balaban J connectivity index is 1.39. The first-order valence-corrected chi connectivity index (χ1v) is 9.85. The number of aromatic nitrogens is 2. The molecular weight excluding hydrogens is 334 g/mol. The molecule has 1 aromatic carbocycles. The van der Waals surface area contributed by atoms with Gasteiger partial charge in [-0.15, -0.1) is 10.2 Å². The Kier molecular flexibility index (Phi) is 6.39. The zero-order valence-corrected chi connectivity index (χ0v) is 15.5. The Morgan fingerprint density at radius 1 is 1.24 bits per heavy atom. The normalized spacial score (nSPS) is 15.1. The minimum atomic E-state index is -0.0280. The van der Waals surface area contributed by atoms with Crippen LogP contribution in [0.4, 0.5) is 5.13 Å². The van der Waals surface area contributed by atoms with Gasteiger partial charge >= 0.3 is 0 Å². The van der Waals surface area contributed by atoms with E-state index >= 15 is 0 Å². The van der Waals surface area contributed by atoms with Crippen LogP contribution in [0.1, 0.15) is 61.4 Å². The summed E-state index contributed by atoms with van der Waals surface area (Å²) in [4.78, 5) is 12.0. The van der Waals surface area contributed by atoms with Crippen molar-refractivity contribution in [3.05, 3.63) is 34.8 Å². The third-order valence-electron chi connectivity index (χ3n) is 4.54. The third kappa shape index (κ3) is 5.26. The molecule has 0 atom stereocenters. The standard InChI is InChI=1S/C19H25N3O2S/c1-14-8-5-6-11-16(14)24-13-7-12-17(23)20-19-22-21-18(25-19)15-9-3-2-4-10-15/h5-6,8,11,15H,2-4,7,9-10,12-13H2,1H3,(H,20,22,23). The number of anilines is 1. The number of nitrogens with zero attached hydrogens (tertiary/aromatic N) is 2. The van der Waals surface area contributed by atoms with Crippen LogP contribution in [-0.2, 0) is 4.79 Å². The van der Waals surface area contributed by atoms with Gasteiger partial charge in [-0.25, -0.2) is 0 Å². The molecule has 1 aromatic heterocycles. The summed E-state index contributed by atoms with van der Waals surface area (Å²) >= 11 is 1.52. The highest BCUT2D eigenvalue weighted by molar-refractivity contribution is 7.15.